The molecule has 82 valence electrons. The molecule has 1 heterocycles. The zero-order valence-corrected chi connectivity index (χ0v) is 9.58. The van der Waals surface area contributed by atoms with Gasteiger partial charge in [0.2, 0.25) is 0 Å². The second-order valence-corrected chi connectivity index (χ2v) is 5.22. The number of likely N-dealkylation sites (tertiary alicyclic amines) is 1. The minimum Gasteiger partial charge on any atom is -0.326 e. The molecule has 2 aliphatic rings. The molecule has 2 rings (SSSR count). The second-order valence-electron chi connectivity index (χ2n) is 5.22. The van der Waals surface area contributed by atoms with Crippen molar-refractivity contribution in [1.29, 1.82) is 0 Å². The zero-order chi connectivity index (χ0) is 10.1. The van der Waals surface area contributed by atoms with Crippen LogP contribution in [0.5, 0.6) is 0 Å². The summed E-state index contributed by atoms with van der Waals surface area (Å²) in [5, 5.41) is 0. The largest absolute Gasteiger partial charge is 0.326 e. The van der Waals surface area contributed by atoms with E-state index in [9.17, 15) is 0 Å². The van der Waals surface area contributed by atoms with Crippen molar-refractivity contribution in [2.75, 3.05) is 13.1 Å². The fraction of sp³-hybridized carbons (Fsp3) is 1.00. The van der Waals surface area contributed by atoms with Crippen LogP contribution in [0.3, 0.4) is 0 Å². The first-order chi connectivity index (χ1) is 6.72. The molecule has 1 aliphatic heterocycles. The van der Waals surface area contributed by atoms with Gasteiger partial charge in [-0.25, -0.2) is 0 Å². The summed E-state index contributed by atoms with van der Waals surface area (Å²) in [6, 6.07) is 1.29. The van der Waals surface area contributed by atoms with E-state index in [1.54, 1.807) is 0 Å². The van der Waals surface area contributed by atoms with Gasteiger partial charge in [0.05, 0.1) is 0 Å². The van der Waals surface area contributed by atoms with Crippen molar-refractivity contribution in [3.05, 3.63) is 0 Å². The molecule has 4 unspecified atom stereocenters. The van der Waals surface area contributed by atoms with Gasteiger partial charge in [0, 0.05) is 25.2 Å². The highest BCUT2D eigenvalue weighted by molar-refractivity contribution is 4.92. The number of nitrogens with zero attached hydrogens (tertiary/aromatic N) is 1. The second kappa shape index (κ2) is 4.19. The van der Waals surface area contributed by atoms with Gasteiger partial charge in [-0.1, -0.05) is 20.3 Å². The van der Waals surface area contributed by atoms with Crippen molar-refractivity contribution < 1.29 is 0 Å². The van der Waals surface area contributed by atoms with Gasteiger partial charge in [-0.05, 0) is 31.1 Å². The van der Waals surface area contributed by atoms with Crippen LogP contribution >= 0.6 is 0 Å². The van der Waals surface area contributed by atoms with E-state index < -0.39 is 0 Å². The number of hydrogen-bond acceptors (Lipinski definition) is 2. The van der Waals surface area contributed by atoms with Crippen molar-refractivity contribution in [3.63, 3.8) is 0 Å². The molecule has 0 amide bonds. The Morgan fingerprint density at radius 2 is 2.07 bits per heavy atom. The summed E-state index contributed by atoms with van der Waals surface area (Å²) in [7, 11) is 0. The first kappa shape index (κ1) is 10.4. The van der Waals surface area contributed by atoms with E-state index in [-0.39, 0.29) is 0 Å². The average molecular weight is 196 g/mol. The number of nitrogens with two attached hydrogens (primary N) is 1. The molecule has 0 radical (unpaired) electrons. The molecule has 14 heavy (non-hydrogen) atoms. The van der Waals surface area contributed by atoms with E-state index in [1.807, 2.05) is 0 Å². The van der Waals surface area contributed by atoms with Crippen molar-refractivity contribution in [3.8, 4) is 0 Å². The smallest absolute Gasteiger partial charge is 0.0180 e. The summed E-state index contributed by atoms with van der Waals surface area (Å²) in [6.45, 7) is 7.16. The highest BCUT2D eigenvalue weighted by Gasteiger charge is 2.37. The standard InChI is InChI=1S/C12H24N2/c1-3-10-4-5-12(9(10)2)14-7-6-11(13)8-14/h9-12H,3-8,13H2,1-2H3. The minimum atomic E-state index is 0.447. The SMILES string of the molecule is CCC1CCC(N2CCC(N)C2)C1C. The van der Waals surface area contributed by atoms with Crippen LogP contribution in [0.4, 0.5) is 0 Å². The Labute approximate surface area is 87.8 Å². The van der Waals surface area contributed by atoms with E-state index in [1.165, 1.54) is 32.2 Å². The quantitative estimate of drug-likeness (QED) is 0.730. The molecule has 1 saturated heterocycles. The lowest BCUT2D eigenvalue weighted by molar-refractivity contribution is 0.186. The first-order valence-corrected chi connectivity index (χ1v) is 6.22. The molecule has 2 nitrogen and oxygen atoms in total. The lowest BCUT2D eigenvalue weighted by atomic mass is 9.93. The Kier molecular flexibility index (Phi) is 3.13. The molecule has 2 fully saturated rings. The highest BCUT2D eigenvalue weighted by Crippen LogP contribution is 2.37. The summed E-state index contributed by atoms with van der Waals surface area (Å²) in [4.78, 5) is 2.64. The van der Waals surface area contributed by atoms with Gasteiger partial charge in [-0.2, -0.15) is 0 Å². The molecule has 0 bridgehead atoms. The van der Waals surface area contributed by atoms with Gasteiger partial charge in [0.15, 0.2) is 0 Å². The molecule has 0 aromatic carbocycles. The lowest BCUT2D eigenvalue weighted by Gasteiger charge is -2.29. The average Bonchev–Trinajstić information content (AvgIpc) is 2.72. The van der Waals surface area contributed by atoms with Gasteiger partial charge < -0.3 is 5.73 Å². The van der Waals surface area contributed by atoms with Gasteiger partial charge in [0.1, 0.15) is 0 Å². The summed E-state index contributed by atoms with van der Waals surface area (Å²) in [5.74, 6) is 1.86. The molecule has 4 atom stereocenters. The lowest BCUT2D eigenvalue weighted by Crippen LogP contribution is -2.38. The normalized spacial score (nSPS) is 44.8. The Morgan fingerprint density at radius 1 is 1.29 bits per heavy atom. The summed E-state index contributed by atoms with van der Waals surface area (Å²) in [5.41, 5.74) is 5.96. The Balaban J connectivity index is 1.93. The maximum Gasteiger partial charge on any atom is 0.0180 e. The van der Waals surface area contributed by atoms with Crippen LogP contribution in [0, 0.1) is 11.8 Å². The van der Waals surface area contributed by atoms with Crippen LogP contribution in [0.25, 0.3) is 0 Å². The van der Waals surface area contributed by atoms with E-state index >= 15 is 0 Å². The Hall–Kier alpha value is -0.0800. The fourth-order valence-electron chi connectivity index (χ4n) is 3.43. The highest BCUT2D eigenvalue weighted by atomic mass is 15.2. The fourth-order valence-corrected chi connectivity index (χ4v) is 3.43. The number of hydrogen-bond donors (Lipinski definition) is 1. The van der Waals surface area contributed by atoms with E-state index in [2.05, 4.69) is 18.7 Å². The molecule has 1 aliphatic carbocycles. The van der Waals surface area contributed by atoms with E-state index in [0.29, 0.717) is 6.04 Å². The van der Waals surface area contributed by atoms with Crippen LogP contribution in [0.15, 0.2) is 0 Å². The summed E-state index contributed by atoms with van der Waals surface area (Å²) < 4.78 is 0. The van der Waals surface area contributed by atoms with Crippen LogP contribution in [-0.4, -0.2) is 30.1 Å². The Morgan fingerprint density at radius 3 is 2.57 bits per heavy atom. The van der Waals surface area contributed by atoms with E-state index in [4.69, 9.17) is 5.73 Å². The molecule has 0 aromatic heterocycles. The zero-order valence-electron chi connectivity index (χ0n) is 9.58. The minimum absolute atomic E-state index is 0.447. The van der Waals surface area contributed by atoms with Crippen LogP contribution in [0.2, 0.25) is 0 Å². The first-order valence-electron chi connectivity index (χ1n) is 6.22. The van der Waals surface area contributed by atoms with Crippen molar-refractivity contribution in [2.24, 2.45) is 17.6 Å². The van der Waals surface area contributed by atoms with Crippen LogP contribution < -0.4 is 5.73 Å². The maximum absolute atomic E-state index is 5.96. The monoisotopic (exact) mass is 196 g/mol. The van der Waals surface area contributed by atoms with Crippen LogP contribution in [-0.2, 0) is 0 Å². The van der Waals surface area contributed by atoms with Gasteiger partial charge >= 0.3 is 0 Å². The molecular formula is C12H24N2. The third-order valence-corrected chi connectivity index (χ3v) is 4.43. The van der Waals surface area contributed by atoms with E-state index in [0.717, 1.165) is 24.4 Å². The topological polar surface area (TPSA) is 29.3 Å². The van der Waals surface area contributed by atoms with Crippen molar-refractivity contribution in [2.45, 2.75) is 51.6 Å². The molecule has 0 aromatic rings. The maximum atomic E-state index is 5.96. The molecular weight excluding hydrogens is 172 g/mol. The number of rotatable bonds is 2. The molecule has 2 N–H and O–H groups in total. The van der Waals surface area contributed by atoms with Crippen LogP contribution in [0.1, 0.15) is 39.5 Å². The van der Waals surface area contributed by atoms with Crippen molar-refractivity contribution >= 4 is 0 Å². The van der Waals surface area contributed by atoms with Gasteiger partial charge in [0.25, 0.3) is 0 Å². The van der Waals surface area contributed by atoms with Gasteiger partial charge in [-0.15, -0.1) is 0 Å². The van der Waals surface area contributed by atoms with Crippen molar-refractivity contribution in [1.82, 2.24) is 4.90 Å². The summed E-state index contributed by atoms with van der Waals surface area (Å²) in [6.07, 6.45) is 5.41. The third kappa shape index (κ3) is 1.82. The predicted octanol–water partition coefficient (Wildman–Crippen LogP) is 1.84. The molecule has 0 spiro atoms. The third-order valence-electron chi connectivity index (χ3n) is 4.43. The van der Waals surface area contributed by atoms with Gasteiger partial charge in [-0.3, -0.25) is 4.90 Å². The molecule has 2 heteroatoms. The molecule has 1 saturated carbocycles. The predicted molar refractivity (Wildman–Crippen MR) is 60.1 cm³/mol. The Bertz CT molecular complexity index is 193. The summed E-state index contributed by atoms with van der Waals surface area (Å²) >= 11 is 0.